The lowest BCUT2D eigenvalue weighted by atomic mass is 10.0. The van der Waals surface area contributed by atoms with Crippen LogP contribution in [0.5, 0.6) is 0 Å². The van der Waals surface area contributed by atoms with Crippen LogP contribution in [-0.4, -0.2) is 36.0 Å². The summed E-state index contributed by atoms with van der Waals surface area (Å²) in [5.41, 5.74) is -1.52. The van der Waals surface area contributed by atoms with Gasteiger partial charge in [0, 0.05) is 12.1 Å². The van der Waals surface area contributed by atoms with Crippen molar-refractivity contribution in [3.05, 3.63) is 65.7 Å². The number of pyridine rings is 2. The van der Waals surface area contributed by atoms with Crippen LogP contribution in [0.1, 0.15) is 24.0 Å². The number of carbonyl (C=O) groups is 1. The molecule has 8 nitrogen and oxygen atoms in total. The van der Waals surface area contributed by atoms with Crippen LogP contribution in [0, 0.1) is 12.3 Å². The molecule has 12 heteroatoms. The van der Waals surface area contributed by atoms with Crippen molar-refractivity contribution in [2.75, 3.05) is 16.6 Å². The number of halogens is 3. The van der Waals surface area contributed by atoms with E-state index in [0.717, 1.165) is 12.1 Å². The van der Waals surface area contributed by atoms with Crippen LogP contribution in [0.15, 0.2) is 59.6 Å². The third-order valence-corrected chi connectivity index (χ3v) is 7.01. The summed E-state index contributed by atoms with van der Waals surface area (Å²) in [6, 6.07) is 12.2. The van der Waals surface area contributed by atoms with E-state index in [1.54, 1.807) is 25.1 Å². The number of hydrogen-bond donors (Lipinski definition) is 3. The molecule has 0 unspecified atom stereocenters. The van der Waals surface area contributed by atoms with Crippen LogP contribution in [0.4, 0.5) is 24.8 Å². The number of nitrogens with one attached hydrogen (secondary N) is 2. The number of alkyl halides is 3. The van der Waals surface area contributed by atoms with Gasteiger partial charge in [-0.05, 0) is 49.6 Å². The molecule has 0 saturated heterocycles. The number of aromatic nitrogens is 2. The molecule has 3 aromatic rings. The number of rotatable bonds is 8. The van der Waals surface area contributed by atoms with Crippen molar-refractivity contribution in [2.45, 2.75) is 31.0 Å². The van der Waals surface area contributed by atoms with Gasteiger partial charge in [0.05, 0.1) is 16.7 Å². The Morgan fingerprint density at radius 2 is 1.74 bits per heavy atom. The molecule has 1 aliphatic rings. The van der Waals surface area contributed by atoms with Gasteiger partial charge in [-0.25, -0.2) is 9.97 Å². The van der Waals surface area contributed by atoms with Crippen LogP contribution < -0.4 is 10.0 Å². The van der Waals surface area contributed by atoms with Crippen LogP contribution in [0.25, 0.3) is 11.3 Å². The van der Waals surface area contributed by atoms with Crippen LogP contribution in [0.2, 0.25) is 0 Å². The van der Waals surface area contributed by atoms with Gasteiger partial charge in [0.25, 0.3) is 10.0 Å². The van der Waals surface area contributed by atoms with Crippen molar-refractivity contribution in [2.24, 2.45) is 5.41 Å². The summed E-state index contributed by atoms with van der Waals surface area (Å²) in [4.78, 5) is 19.3. The molecule has 1 aromatic carbocycles. The van der Waals surface area contributed by atoms with Crippen LogP contribution >= 0.6 is 0 Å². The Bertz CT molecular complexity index is 1390. The van der Waals surface area contributed by atoms with E-state index >= 15 is 0 Å². The number of sulfonamides is 1. The Balaban J connectivity index is 1.62. The Hall–Kier alpha value is -3.67. The van der Waals surface area contributed by atoms with E-state index in [0.29, 0.717) is 18.4 Å². The van der Waals surface area contributed by atoms with Crippen LogP contribution in [-0.2, 0) is 21.0 Å². The van der Waals surface area contributed by atoms with E-state index in [4.69, 9.17) is 0 Å². The smallest absolute Gasteiger partial charge is 0.418 e. The number of nitrogens with zero attached hydrogens (tertiary/aromatic N) is 2. The molecule has 35 heavy (non-hydrogen) atoms. The first-order valence-corrected chi connectivity index (χ1v) is 12.0. The molecule has 1 fully saturated rings. The molecule has 184 valence electrons. The Morgan fingerprint density at radius 1 is 1.03 bits per heavy atom. The number of aliphatic carboxylic acids is 1. The molecule has 2 heterocycles. The minimum absolute atomic E-state index is 0.0898. The summed E-state index contributed by atoms with van der Waals surface area (Å²) in [5, 5.41) is 11.7. The van der Waals surface area contributed by atoms with Crippen molar-refractivity contribution in [3.8, 4) is 11.3 Å². The predicted molar refractivity (Wildman–Crippen MR) is 122 cm³/mol. The molecule has 0 amide bonds. The lowest BCUT2D eigenvalue weighted by Gasteiger charge is -2.16. The molecule has 3 N–H and O–H groups in total. The summed E-state index contributed by atoms with van der Waals surface area (Å²) in [7, 11) is -4.31. The maximum absolute atomic E-state index is 13.6. The van der Waals surface area contributed by atoms with Crippen molar-refractivity contribution < 1.29 is 31.5 Å². The quantitative estimate of drug-likeness (QED) is 0.410. The highest BCUT2D eigenvalue weighted by Crippen LogP contribution is 2.45. The molecule has 1 saturated carbocycles. The highest BCUT2D eigenvalue weighted by atomic mass is 32.2. The highest BCUT2D eigenvalue weighted by Gasteiger charge is 2.50. The second-order valence-electron chi connectivity index (χ2n) is 8.31. The summed E-state index contributed by atoms with van der Waals surface area (Å²) in [6.07, 6.45) is -3.67. The standard InChI is InChI=1S/C23H21F3N4O4S/c1-14-5-2-3-6-15(14)20-16(23(24,25)26)9-10-18(29-20)30-35(33,34)19-8-4-7-17(28-19)27-13-22(11-12-22)21(31)32/h2-10H,11-13H2,1H3,(H,27,28)(H,29,30)(H,31,32). The third-order valence-electron chi connectivity index (χ3n) is 5.75. The summed E-state index contributed by atoms with van der Waals surface area (Å²) >= 11 is 0. The van der Waals surface area contributed by atoms with Crippen molar-refractivity contribution >= 4 is 27.6 Å². The largest absolute Gasteiger partial charge is 0.481 e. The van der Waals surface area contributed by atoms with E-state index in [1.807, 2.05) is 0 Å². The first kappa shape index (κ1) is 24.5. The fraction of sp³-hybridized carbons (Fsp3) is 0.261. The third kappa shape index (κ3) is 5.21. The molecule has 0 bridgehead atoms. The minimum atomic E-state index is -4.70. The van der Waals surface area contributed by atoms with Gasteiger partial charge >= 0.3 is 12.1 Å². The van der Waals surface area contributed by atoms with Gasteiger partial charge < -0.3 is 10.4 Å². The number of anilines is 2. The van der Waals surface area contributed by atoms with E-state index in [1.165, 1.54) is 24.3 Å². The average Bonchev–Trinajstić information content (AvgIpc) is 3.59. The molecule has 2 aromatic heterocycles. The Kier molecular flexibility index (Phi) is 6.18. The lowest BCUT2D eigenvalue weighted by molar-refractivity contribution is -0.142. The number of carboxylic acids is 1. The molecule has 0 radical (unpaired) electrons. The van der Waals surface area contributed by atoms with Gasteiger partial charge in [-0.3, -0.25) is 9.52 Å². The van der Waals surface area contributed by atoms with Gasteiger partial charge in [0.1, 0.15) is 11.6 Å². The molecule has 0 spiro atoms. The molecule has 4 rings (SSSR count). The summed E-state index contributed by atoms with van der Waals surface area (Å²) < 4.78 is 68.9. The van der Waals surface area contributed by atoms with E-state index in [-0.39, 0.29) is 23.7 Å². The van der Waals surface area contributed by atoms with Crippen molar-refractivity contribution in [3.63, 3.8) is 0 Å². The number of carboxylic acid groups (broad SMARTS) is 1. The molecule has 0 aliphatic heterocycles. The number of hydrogen-bond acceptors (Lipinski definition) is 6. The molecular formula is C23H21F3N4O4S. The number of aryl methyl sites for hydroxylation is 1. The van der Waals surface area contributed by atoms with Gasteiger partial charge in [-0.15, -0.1) is 0 Å². The maximum Gasteiger partial charge on any atom is 0.418 e. The second kappa shape index (κ2) is 8.84. The zero-order valence-electron chi connectivity index (χ0n) is 18.4. The monoisotopic (exact) mass is 506 g/mol. The van der Waals surface area contributed by atoms with Crippen molar-refractivity contribution in [1.29, 1.82) is 0 Å². The molecule has 1 aliphatic carbocycles. The highest BCUT2D eigenvalue weighted by molar-refractivity contribution is 7.92. The van der Waals surface area contributed by atoms with E-state index in [9.17, 15) is 31.5 Å². The normalized spacial score (nSPS) is 14.9. The minimum Gasteiger partial charge on any atom is -0.481 e. The molecular weight excluding hydrogens is 485 g/mol. The summed E-state index contributed by atoms with van der Waals surface area (Å²) in [6.45, 7) is 1.72. The predicted octanol–water partition coefficient (Wildman–Crippen LogP) is 4.55. The van der Waals surface area contributed by atoms with Gasteiger partial charge in [-0.2, -0.15) is 21.6 Å². The van der Waals surface area contributed by atoms with E-state index in [2.05, 4.69) is 20.0 Å². The summed E-state index contributed by atoms with van der Waals surface area (Å²) in [5.74, 6) is -1.09. The Morgan fingerprint density at radius 3 is 2.37 bits per heavy atom. The van der Waals surface area contributed by atoms with E-state index < -0.39 is 43.9 Å². The first-order valence-electron chi connectivity index (χ1n) is 10.5. The lowest BCUT2D eigenvalue weighted by Crippen LogP contribution is -2.25. The van der Waals surface area contributed by atoms with Crippen molar-refractivity contribution in [1.82, 2.24) is 9.97 Å². The fourth-order valence-corrected chi connectivity index (χ4v) is 4.49. The van der Waals surface area contributed by atoms with Crippen LogP contribution in [0.3, 0.4) is 0 Å². The van der Waals surface area contributed by atoms with Gasteiger partial charge in [0.2, 0.25) is 0 Å². The fourth-order valence-electron chi connectivity index (χ4n) is 3.52. The topological polar surface area (TPSA) is 121 Å². The first-order chi connectivity index (χ1) is 16.4. The van der Waals surface area contributed by atoms with Gasteiger partial charge in [0.15, 0.2) is 5.03 Å². The molecule has 0 atom stereocenters. The maximum atomic E-state index is 13.6. The SMILES string of the molecule is Cc1ccccc1-c1nc(NS(=O)(=O)c2cccc(NCC3(C(=O)O)CC3)n2)ccc1C(F)(F)F. The number of benzene rings is 1. The zero-order chi connectivity index (χ0) is 25.4. The second-order valence-corrected chi connectivity index (χ2v) is 9.94. The zero-order valence-corrected chi connectivity index (χ0v) is 19.2. The Labute approximate surface area is 199 Å². The average molecular weight is 507 g/mol. The van der Waals surface area contributed by atoms with Gasteiger partial charge in [-0.1, -0.05) is 30.3 Å².